The Morgan fingerprint density at radius 1 is 1.43 bits per heavy atom. The number of carbonyl (C=O) groups excluding carboxylic acids is 1. The van der Waals surface area contributed by atoms with Gasteiger partial charge in [0.25, 0.3) is 12.1 Å². The quantitative estimate of drug-likeness (QED) is 0.798. The number of nitrogens with one attached hydrogen (secondary N) is 1. The molecule has 2 fully saturated rings. The van der Waals surface area contributed by atoms with Crippen molar-refractivity contribution in [1.82, 2.24) is 20.1 Å². The molecule has 0 saturated heterocycles. The van der Waals surface area contributed by atoms with E-state index in [4.69, 9.17) is 4.84 Å². The van der Waals surface area contributed by atoms with Gasteiger partial charge in [0, 0.05) is 16.2 Å². The number of halogens is 3. The summed E-state index contributed by atoms with van der Waals surface area (Å²) in [7, 11) is 1.50. The third-order valence-electron chi connectivity index (χ3n) is 6.17. The van der Waals surface area contributed by atoms with Crippen LogP contribution in [0.2, 0.25) is 0 Å². The van der Waals surface area contributed by atoms with Crippen molar-refractivity contribution in [2.45, 2.75) is 49.7 Å². The minimum atomic E-state index is -4.47. The Kier molecular flexibility index (Phi) is 3.54. The number of carbonyl (C=O) groups is 1. The van der Waals surface area contributed by atoms with Crippen molar-refractivity contribution in [2.75, 3.05) is 7.11 Å². The number of amides is 1. The maximum absolute atomic E-state index is 13.5. The van der Waals surface area contributed by atoms with Gasteiger partial charge in [-0.1, -0.05) is 0 Å². The van der Waals surface area contributed by atoms with Crippen LogP contribution in [0.4, 0.5) is 13.2 Å². The first-order valence-electron chi connectivity index (χ1n) is 9.26. The predicted molar refractivity (Wildman–Crippen MR) is 88.7 cm³/mol. The molecule has 2 saturated carbocycles. The third kappa shape index (κ3) is 2.43. The molecule has 0 radical (unpaired) electrons. The highest BCUT2D eigenvalue weighted by Gasteiger charge is 2.60. The molecule has 5 rings (SSSR count). The highest BCUT2D eigenvalue weighted by Crippen LogP contribution is 2.57. The van der Waals surface area contributed by atoms with Crippen LogP contribution in [0.1, 0.15) is 53.3 Å². The van der Waals surface area contributed by atoms with Gasteiger partial charge in [-0.05, 0) is 38.0 Å². The van der Waals surface area contributed by atoms with Crippen LogP contribution in [0.5, 0.6) is 0 Å². The summed E-state index contributed by atoms with van der Waals surface area (Å²) < 4.78 is 43.4. The van der Waals surface area contributed by atoms with E-state index in [0.29, 0.717) is 24.6 Å². The Hall–Kier alpha value is -2.65. The molecule has 2 aromatic heterocycles. The first kappa shape index (κ1) is 17.4. The van der Waals surface area contributed by atoms with E-state index in [0.717, 1.165) is 17.7 Å². The van der Waals surface area contributed by atoms with Gasteiger partial charge in [-0.2, -0.15) is 18.3 Å². The maximum atomic E-state index is 13.5. The summed E-state index contributed by atoms with van der Waals surface area (Å²) in [5.74, 6) is 0.414. The van der Waals surface area contributed by atoms with Gasteiger partial charge in [-0.25, -0.2) is 9.67 Å². The van der Waals surface area contributed by atoms with E-state index in [2.05, 4.69) is 15.4 Å². The summed E-state index contributed by atoms with van der Waals surface area (Å²) in [5.41, 5.74) is -0.435. The van der Waals surface area contributed by atoms with Crippen LogP contribution < -0.4 is 14.9 Å². The van der Waals surface area contributed by atoms with Gasteiger partial charge in [0.05, 0.1) is 11.9 Å². The zero-order chi connectivity index (χ0) is 19.7. The average Bonchev–Trinajstić information content (AvgIpc) is 3.12. The van der Waals surface area contributed by atoms with Crippen LogP contribution in [0.3, 0.4) is 0 Å². The molecule has 3 aliphatic carbocycles. The Morgan fingerprint density at radius 2 is 2.21 bits per heavy atom. The number of hydrogen-bond acceptors (Lipinski definition) is 4. The molecule has 2 heterocycles. The van der Waals surface area contributed by atoms with Crippen molar-refractivity contribution in [3.8, 4) is 5.82 Å². The van der Waals surface area contributed by atoms with Gasteiger partial charge >= 0.3 is 6.18 Å². The van der Waals surface area contributed by atoms with Crippen molar-refractivity contribution >= 4 is 5.91 Å². The molecule has 148 valence electrons. The lowest BCUT2D eigenvalue weighted by molar-refractivity contribution is -0.885. The van der Waals surface area contributed by atoms with E-state index in [1.165, 1.54) is 11.8 Å². The second-order valence-electron chi connectivity index (χ2n) is 7.78. The van der Waals surface area contributed by atoms with Crippen LogP contribution >= 0.6 is 0 Å². The van der Waals surface area contributed by atoms with Crippen LogP contribution in [-0.2, 0) is 6.42 Å². The van der Waals surface area contributed by atoms with Crippen molar-refractivity contribution in [3.63, 3.8) is 0 Å². The molecule has 0 bridgehead atoms. The zero-order valence-corrected chi connectivity index (χ0v) is 15.2. The number of aromatic nitrogens is 4. The molecule has 28 heavy (non-hydrogen) atoms. The van der Waals surface area contributed by atoms with Gasteiger partial charge in [0.1, 0.15) is 12.6 Å². The van der Waals surface area contributed by atoms with Gasteiger partial charge in [0.2, 0.25) is 12.0 Å². The van der Waals surface area contributed by atoms with Gasteiger partial charge in [0.15, 0.2) is 5.69 Å². The summed E-state index contributed by atoms with van der Waals surface area (Å²) in [6, 6.07) is 0. The van der Waals surface area contributed by atoms with E-state index in [-0.39, 0.29) is 24.5 Å². The molecule has 2 aromatic rings. The fraction of sp³-hybridized carbons (Fsp3) is 0.556. The van der Waals surface area contributed by atoms with Crippen molar-refractivity contribution in [1.29, 1.82) is 0 Å². The smallest absolute Gasteiger partial charge is 0.336 e. The Labute approximate surface area is 158 Å². The highest BCUT2D eigenvalue weighted by atomic mass is 19.4. The topological polar surface area (TPSA) is 72.9 Å². The van der Waals surface area contributed by atoms with Crippen molar-refractivity contribution in [3.05, 3.63) is 35.5 Å². The first-order chi connectivity index (χ1) is 13.3. The second-order valence-corrected chi connectivity index (χ2v) is 7.78. The molecule has 3 aliphatic rings. The Balaban J connectivity index is 1.53. The minimum Gasteiger partial charge on any atom is -0.336 e. The summed E-state index contributed by atoms with van der Waals surface area (Å²) in [4.78, 5) is 22.2. The zero-order valence-electron chi connectivity index (χ0n) is 15.2. The number of alkyl halides is 3. The van der Waals surface area contributed by atoms with Crippen molar-refractivity contribution < 1.29 is 27.5 Å². The number of rotatable bonds is 4. The van der Waals surface area contributed by atoms with Gasteiger partial charge in [-0.3, -0.25) is 9.63 Å². The number of fused-ring (bicyclic) bond motifs is 3. The number of nitrogens with zero attached hydrogens (tertiary/aromatic N) is 4. The lowest BCUT2D eigenvalue weighted by atomic mass is 9.76. The van der Waals surface area contributed by atoms with Crippen LogP contribution in [0.25, 0.3) is 5.82 Å². The molecular formula is C18H19F3N5O2+. The van der Waals surface area contributed by atoms with Gasteiger partial charge in [-0.15, -0.1) is 0 Å². The number of hydrogen-bond donors (Lipinski definition) is 1. The molecule has 7 nitrogen and oxygen atoms in total. The monoisotopic (exact) mass is 394 g/mol. The predicted octanol–water partition coefficient (Wildman–Crippen LogP) is 1.49. The second kappa shape index (κ2) is 5.68. The van der Waals surface area contributed by atoms with E-state index in [1.807, 2.05) is 0 Å². The Bertz CT molecular complexity index is 967. The molecule has 10 heteroatoms. The standard InChI is InChI=1S/C18H18F3N5O2/c1-28-25-6-5-22-13(9-25)26-15-11-7-10(11)8-12(15)14(24-26)16(27)23-17(3-2-4-17)18(19,20)21/h5-6,9-11H,2-4,7-8H2,1H3/p+1. The normalized spacial score (nSPS) is 24.1. The summed E-state index contributed by atoms with van der Waals surface area (Å²) >= 11 is 0. The SMILES string of the molecule is CO[n+]1ccnc(-n2nc(C(=O)NC3(C(F)(F)F)CCC3)c3c2C2CC2C3)c1. The fourth-order valence-electron chi connectivity index (χ4n) is 4.35. The average molecular weight is 394 g/mol. The maximum Gasteiger partial charge on any atom is 0.411 e. The van der Waals surface area contributed by atoms with Crippen LogP contribution in [0.15, 0.2) is 18.6 Å². The molecule has 0 aliphatic heterocycles. The summed E-state index contributed by atoms with van der Waals surface area (Å²) in [6.45, 7) is 0. The van der Waals surface area contributed by atoms with Gasteiger partial charge < -0.3 is 5.32 Å². The molecule has 1 N–H and O–H groups in total. The minimum absolute atomic E-state index is 0.0762. The first-order valence-corrected chi connectivity index (χ1v) is 9.26. The van der Waals surface area contributed by atoms with E-state index in [9.17, 15) is 18.0 Å². The lowest BCUT2D eigenvalue weighted by Crippen LogP contribution is -2.63. The molecule has 0 aromatic carbocycles. The highest BCUT2D eigenvalue weighted by molar-refractivity contribution is 5.95. The van der Waals surface area contributed by atoms with Crippen LogP contribution in [0, 0.1) is 5.92 Å². The fourth-order valence-corrected chi connectivity index (χ4v) is 4.35. The van der Waals surface area contributed by atoms with Crippen LogP contribution in [-0.4, -0.2) is 39.5 Å². The Morgan fingerprint density at radius 3 is 2.86 bits per heavy atom. The van der Waals surface area contributed by atoms with E-state index in [1.54, 1.807) is 23.3 Å². The van der Waals surface area contributed by atoms with E-state index >= 15 is 0 Å². The molecular weight excluding hydrogens is 375 g/mol. The molecule has 2 atom stereocenters. The largest absolute Gasteiger partial charge is 0.411 e. The summed E-state index contributed by atoms with van der Waals surface area (Å²) in [5, 5.41) is 6.63. The molecule has 0 spiro atoms. The molecule has 1 amide bonds. The lowest BCUT2D eigenvalue weighted by Gasteiger charge is -2.43. The van der Waals surface area contributed by atoms with Crippen molar-refractivity contribution in [2.24, 2.45) is 5.92 Å². The molecule has 2 unspecified atom stereocenters. The third-order valence-corrected chi connectivity index (χ3v) is 6.17. The van der Waals surface area contributed by atoms with E-state index < -0.39 is 17.6 Å². The summed E-state index contributed by atoms with van der Waals surface area (Å²) in [6.07, 6.45) is 2.23.